The van der Waals surface area contributed by atoms with Gasteiger partial charge in [0.2, 0.25) is 17.6 Å². The molecule has 0 aliphatic carbocycles. The van der Waals surface area contributed by atoms with Crippen LogP contribution in [0, 0.1) is 0 Å². The number of aromatic nitrogens is 2. The van der Waals surface area contributed by atoms with Gasteiger partial charge < -0.3 is 13.8 Å². The highest BCUT2D eigenvalue weighted by Gasteiger charge is 2.50. The van der Waals surface area contributed by atoms with Gasteiger partial charge >= 0.3 is 0 Å². The quantitative estimate of drug-likeness (QED) is 0.711. The lowest BCUT2D eigenvalue weighted by Gasteiger charge is -2.37. The van der Waals surface area contributed by atoms with Crippen molar-refractivity contribution in [3.63, 3.8) is 0 Å². The molecular weight excluding hydrogens is 344 g/mol. The van der Waals surface area contributed by atoms with Gasteiger partial charge in [0.15, 0.2) is 5.76 Å². The van der Waals surface area contributed by atoms with E-state index in [1.54, 1.807) is 23.3 Å². The molecule has 1 saturated heterocycles. The van der Waals surface area contributed by atoms with E-state index in [0.717, 1.165) is 37.2 Å². The van der Waals surface area contributed by atoms with Crippen molar-refractivity contribution >= 4 is 11.6 Å². The van der Waals surface area contributed by atoms with Crippen LogP contribution >= 0.6 is 0 Å². The monoisotopic (exact) mass is 364 g/mol. The zero-order valence-corrected chi connectivity index (χ0v) is 15.1. The summed E-state index contributed by atoms with van der Waals surface area (Å²) in [6, 6.07) is 11.7. The van der Waals surface area contributed by atoms with Gasteiger partial charge in [0.25, 0.3) is 0 Å². The number of fused-ring (bicyclic) bond motifs is 2. The second-order valence-corrected chi connectivity index (χ2v) is 7.23. The van der Waals surface area contributed by atoms with E-state index < -0.39 is 5.41 Å². The fourth-order valence-corrected chi connectivity index (χ4v) is 4.31. The number of likely N-dealkylation sites (N-methyl/N-ethyl adjacent to an activating group) is 1. The largest absolute Gasteiger partial charge is 0.461 e. The standard InChI is InChI=1S/C20H20N4O3/c1-23-15-6-3-2-5-14(15)20(19(23)25)8-10-24(11-9-20)13-17-21-18(22-27-17)16-7-4-12-26-16/h2-7,12H,8-11,13H2,1H3. The molecule has 7 nitrogen and oxygen atoms in total. The number of rotatable bonds is 3. The number of nitrogens with zero attached hydrogens (tertiary/aromatic N) is 4. The van der Waals surface area contributed by atoms with Gasteiger partial charge in [0.05, 0.1) is 18.2 Å². The first kappa shape index (κ1) is 16.3. The minimum atomic E-state index is -0.393. The molecule has 27 heavy (non-hydrogen) atoms. The van der Waals surface area contributed by atoms with Gasteiger partial charge in [-0.3, -0.25) is 9.69 Å². The van der Waals surface area contributed by atoms with E-state index in [9.17, 15) is 4.79 Å². The van der Waals surface area contributed by atoms with Gasteiger partial charge in [0, 0.05) is 25.8 Å². The average Bonchev–Trinajstić information content (AvgIpc) is 3.42. The zero-order chi connectivity index (χ0) is 18.4. The molecule has 0 bridgehead atoms. The zero-order valence-electron chi connectivity index (χ0n) is 15.1. The average molecular weight is 364 g/mol. The van der Waals surface area contributed by atoms with Crippen molar-refractivity contribution in [3.8, 4) is 11.6 Å². The molecule has 5 rings (SSSR count). The minimum Gasteiger partial charge on any atom is -0.461 e. The molecule has 2 aromatic heterocycles. The number of hydrogen-bond donors (Lipinski definition) is 0. The summed E-state index contributed by atoms with van der Waals surface area (Å²) >= 11 is 0. The smallest absolute Gasteiger partial charge is 0.241 e. The number of carbonyl (C=O) groups excluding carboxylic acids is 1. The van der Waals surface area contributed by atoms with Crippen LogP contribution in [0.15, 0.2) is 51.6 Å². The fourth-order valence-electron chi connectivity index (χ4n) is 4.31. The molecule has 1 fully saturated rings. The van der Waals surface area contributed by atoms with E-state index in [-0.39, 0.29) is 5.91 Å². The lowest BCUT2D eigenvalue weighted by Crippen LogP contribution is -2.47. The SMILES string of the molecule is CN1C(=O)C2(CCN(Cc3nc(-c4ccco4)no3)CC2)c2ccccc21. The Labute approximate surface area is 156 Å². The highest BCUT2D eigenvalue weighted by Crippen LogP contribution is 2.47. The molecule has 0 atom stereocenters. The second kappa shape index (κ2) is 6.06. The van der Waals surface area contributed by atoms with Crippen molar-refractivity contribution in [2.75, 3.05) is 25.0 Å². The van der Waals surface area contributed by atoms with Crippen LogP contribution in [0.2, 0.25) is 0 Å². The van der Waals surface area contributed by atoms with E-state index in [1.807, 2.05) is 25.2 Å². The van der Waals surface area contributed by atoms with Crippen molar-refractivity contribution in [1.82, 2.24) is 15.0 Å². The second-order valence-electron chi connectivity index (χ2n) is 7.23. The van der Waals surface area contributed by atoms with Crippen LogP contribution < -0.4 is 4.90 Å². The number of amides is 1. The normalized spacial score (nSPS) is 19.0. The van der Waals surface area contributed by atoms with Crippen molar-refractivity contribution in [1.29, 1.82) is 0 Å². The van der Waals surface area contributed by atoms with E-state index in [4.69, 9.17) is 8.94 Å². The molecule has 7 heteroatoms. The molecule has 1 amide bonds. The number of anilines is 1. The van der Waals surface area contributed by atoms with Crippen LogP contribution in [0.25, 0.3) is 11.6 Å². The first-order valence-electron chi connectivity index (χ1n) is 9.14. The molecule has 0 N–H and O–H groups in total. The summed E-state index contributed by atoms with van der Waals surface area (Å²) in [5.41, 5.74) is 1.81. The predicted octanol–water partition coefficient (Wildman–Crippen LogP) is 2.84. The molecule has 1 spiro atoms. The number of carbonyl (C=O) groups is 1. The van der Waals surface area contributed by atoms with E-state index >= 15 is 0 Å². The Kier molecular flexibility index (Phi) is 3.65. The molecule has 1 aromatic carbocycles. The Morgan fingerprint density at radius 2 is 1.96 bits per heavy atom. The Bertz CT molecular complexity index is 971. The third-order valence-corrected chi connectivity index (χ3v) is 5.77. The Morgan fingerprint density at radius 3 is 2.74 bits per heavy atom. The summed E-state index contributed by atoms with van der Waals surface area (Å²) < 4.78 is 10.7. The molecule has 138 valence electrons. The summed E-state index contributed by atoms with van der Waals surface area (Å²) in [5, 5.41) is 3.98. The summed E-state index contributed by atoms with van der Waals surface area (Å²) in [5.74, 6) is 1.83. The Morgan fingerprint density at radius 1 is 1.15 bits per heavy atom. The molecule has 2 aliphatic rings. The highest BCUT2D eigenvalue weighted by atomic mass is 16.5. The van der Waals surface area contributed by atoms with Gasteiger partial charge in [-0.1, -0.05) is 23.4 Å². The van der Waals surface area contributed by atoms with E-state index in [0.29, 0.717) is 24.0 Å². The first-order valence-corrected chi connectivity index (χ1v) is 9.14. The van der Waals surface area contributed by atoms with Gasteiger partial charge in [-0.2, -0.15) is 4.98 Å². The minimum absolute atomic E-state index is 0.209. The van der Waals surface area contributed by atoms with Gasteiger partial charge in [-0.05, 0) is 36.6 Å². The van der Waals surface area contributed by atoms with E-state index in [2.05, 4.69) is 21.1 Å². The van der Waals surface area contributed by atoms with Crippen LogP contribution in [0.5, 0.6) is 0 Å². The van der Waals surface area contributed by atoms with Gasteiger partial charge in [0.1, 0.15) is 0 Å². The maximum atomic E-state index is 13.0. The maximum absolute atomic E-state index is 13.0. The summed E-state index contributed by atoms with van der Waals surface area (Å²) in [7, 11) is 1.87. The van der Waals surface area contributed by atoms with Crippen LogP contribution in [-0.4, -0.2) is 41.1 Å². The van der Waals surface area contributed by atoms with E-state index in [1.165, 1.54) is 0 Å². The molecule has 3 aromatic rings. The van der Waals surface area contributed by atoms with Crippen molar-refractivity contribution in [2.24, 2.45) is 0 Å². The number of likely N-dealkylation sites (tertiary alicyclic amines) is 1. The number of para-hydroxylation sites is 1. The molecular formula is C20H20N4O3. The third kappa shape index (κ3) is 2.49. The van der Waals surface area contributed by atoms with Crippen LogP contribution in [0.3, 0.4) is 0 Å². The number of benzene rings is 1. The van der Waals surface area contributed by atoms with Crippen LogP contribution in [0.4, 0.5) is 5.69 Å². The molecule has 0 radical (unpaired) electrons. The van der Waals surface area contributed by atoms with Crippen LogP contribution in [-0.2, 0) is 16.8 Å². The number of hydrogen-bond acceptors (Lipinski definition) is 6. The molecule has 0 unspecified atom stereocenters. The van der Waals surface area contributed by atoms with Gasteiger partial charge in [-0.15, -0.1) is 0 Å². The van der Waals surface area contributed by atoms with Crippen molar-refractivity contribution in [3.05, 3.63) is 54.1 Å². The Hall–Kier alpha value is -2.93. The molecule has 0 saturated carbocycles. The van der Waals surface area contributed by atoms with Crippen LogP contribution in [0.1, 0.15) is 24.3 Å². The number of piperidine rings is 1. The Balaban J connectivity index is 1.30. The highest BCUT2D eigenvalue weighted by molar-refractivity contribution is 6.07. The van der Waals surface area contributed by atoms with Gasteiger partial charge in [-0.25, -0.2) is 0 Å². The van der Waals surface area contributed by atoms with Crippen molar-refractivity contribution in [2.45, 2.75) is 24.8 Å². The summed E-state index contributed by atoms with van der Waals surface area (Å²) in [4.78, 5) is 21.5. The lowest BCUT2D eigenvalue weighted by atomic mass is 9.73. The summed E-state index contributed by atoms with van der Waals surface area (Å²) in [6.45, 7) is 2.20. The first-order chi connectivity index (χ1) is 13.2. The summed E-state index contributed by atoms with van der Waals surface area (Å²) in [6.07, 6.45) is 3.18. The predicted molar refractivity (Wildman–Crippen MR) is 98.0 cm³/mol. The lowest BCUT2D eigenvalue weighted by molar-refractivity contribution is -0.124. The van der Waals surface area contributed by atoms with Crippen molar-refractivity contribution < 1.29 is 13.7 Å². The number of furan rings is 1. The fraction of sp³-hybridized carbons (Fsp3) is 0.350. The maximum Gasteiger partial charge on any atom is 0.241 e. The topological polar surface area (TPSA) is 75.6 Å². The molecule has 4 heterocycles. The third-order valence-electron chi connectivity index (χ3n) is 5.77. The molecule has 2 aliphatic heterocycles.